The van der Waals surface area contributed by atoms with Crippen LogP contribution in [0.5, 0.6) is 0 Å². The van der Waals surface area contributed by atoms with Crippen molar-refractivity contribution >= 4 is 18.0 Å². The highest BCUT2D eigenvalue weighted by Gasteiger charge is 2.19. The van der Waals surface area contributed by atoms with Crippen molar-refractivity contribution in [1.82, 2.24) is 15.1 Å². The van der Waals surface area contributed by atoms with Crippen LogP contribution in [0.15, 0.2) is 101 Å². The molecule has 7 heteroatoms. The Labute approximate surface area is 183 Å². The van der Waals surface area contributed by atoms with Gasteiger partial charge in [-0.05, 0) is 30.3 Å². The van der Waals surface area contributed by atoms with Gasteiger partial charge in [0.15, 0.2) is 0 Å². The maximum absolute atomic E-state index is 13.3. The maximum atomic E-state index is 13.3. The zero-order valence-corrected chi connectivity index (χ0v) is 16.9. The first-order chi connectivity index (χ1) is 15.5. The fraction of sp³-hybridized carbons (Fsp3) is 0. The smallest absolute Gasteiger partial charge is 0.352 e. The van der Waals surface area contributed by atoms with Crippen LogP contribution in [0, 0.1) is 0 Å². The van der Waals surface area contributed by atoms with E-state index in [2.05, 4.69) is 10.4 Å². The number of carboxylic acid groups (broad SMARTS) is 1. The Morgan fingerprint density at radius 3 is 2.00 bits per heavy atom. The minimum atomic E-state index is -1.36. The lowest BCUT2D eigenvalue weighted by atomic mass is 10.1. The summed E-state index contributed by atoms with van der Waals surface area (Å²) < 4.78 is 1.34. The molecule has 0 unspecified atom stereocenters. The minimum absolute atomic E-state index is 0.116. The average molecular weight is 425 g/mol. The van der Waals surface area contributed by atoms with Crippen LogP contribution >= 0.6 is 0 Å². The Balaban J connectivity index is 1.84. The first-order valence-corrected chi connectivity index (χ1v) is 9.82. The molecule has 158 valence electrons. The largest absolute Gasteiger partial charge is 0.477 e. The fourth-order valence-corrected chi connectivity index (χ4v) is 3.25. The zero-order valence-electron chi connectivity index (χ0n) is 16.9. The molecule has 1 heterocycles. The van der Waals surface area contributed by atoms with Gasteiger partial charge in [0, 0.05) is 11.1 Å². The summed E-state index contributed by atoms with van der Waals surface area (Å²) in [6.07, 6.45) is 1.18. The predicted octanol–water partition coefficient (Wildman–Crippen LogP) is 3.69. The SMILES string of the molecule is O=C(O)/C(=C/c1c(-c2ccccc2)[nH]n(-c2ccccc2)c1=O)NC(=O)c1ccccc1. The Morgan fingerprint density at radius 2 is 1.41 bits per heavy atom. The third-order valence-corrected chi connectivity index (χ3v) is 4.81. The molecule has 1 amide bonds. The molecule has 0 spiro atoms. The highest BCUT2D eigenvalue weighted by Crippen LogP contribution is 2.22. The summed E-state index contributed by atoms with van der Waals surface area (Å²) in [5, 5.41) is 15.2. The molecule has 4 rings (SSSR count). The van der Waals surface area contributed by atoms with Crippen LogP contribution < -0.4 is 10.9 Å². The number of hydrogen-bond donors (Lipinski definition) is 3. The van der Waals surface area contributed by atoms with Crippen molar-refractivity contribution in [2.45, 2.75) is 0 Å². The minimum Gasteiger partial charge on any atom is -0.477 e. The number of nitrogens with zero attached hydrogens (tertiary/aromatic N) is 1. The first-order valence-electron chi connectivity index (χ1n) is 9.82. The monoisotopic (exact) mass is 425 g/mol. The average Bonchev–Trinajstić information content (AvgIpc) is 3.16. The summed E-state index contributed by atoms with van der Waals surface area (Å²) in [7, 11) is 0. The van der Waals surface area contributed by atoms with Gasteiger partial charge in [-0.1, -0.05) is 66.7 Å². The molecule has 0 radical (unpaired) electrons. The van der Waals surface area contributed by atoms with Gasteiger partial charge in [-0.15, -0.1) is 0 Å². The van der Waals surface area contributed by atoms with Gasteiger partial charge in [-0.25, -0.2) is 9.48 Å². The molecular formula is C25H19N3O4. The third kappa shape index (κ3) is 4.27. The first kappa shape index (κ1) is 20.6. The number of benzene rings is 3. The van der Waals surface area contributed by atoms with Gasteiger partial charge in [0.2, 0.25) is 0 Å². The molecular weight excluding hydrogens is 406 g/mol. The molecule has 32 heavy (non-hydrogen) atoms. The number of carboxylic acids is 1. The number of H-pyrrole nitrogens is 1. The van der Waals surface area contributed by atoms with E-state index >= 15 is 0 Å². The lowest BCUT2D eigenvalue weighted by Gasteiger charge is -2.06. The molecule has 0 saturated heterocycles. The van der Waals surface area contributed by atoms with Crippen LogP contribution in [0.2, 0.25) is 0 Å². The number of carbonyl (C=O) groups excluding carboxylic acids is 1. The van der Waals surface area contributed by atoms with E-state index in [4.69, 9.17) is 0 Å². The van der Waals surface area contributed by atoms with E-state index in [1.165, 1.54) is 10.8 Å². The molecule has 0 aliphatic rings. The highest BCUT2D eigenvalue weighted by molar-refractivity contribution is 6.03. The topological polar surface area (TPSA) is 104 Å². The molecule has 0 fully saturated rings. The number of amides is 1. The van der Waals surface area contributed by atoms with E-state index < -0.39 is 23.1 Å². The van der Waals surface area contributed by atoms with Crippen molar-refractivity contribution in [3.8, 4) is 16.9 Å². The summed E-state index contributed by atoms with van der Waals surface area (Å²) in [6.45, 7) is 0. The third-order valence-electron chi connectivity index (χ3n) is 4.81. The van der Waals surface area contributed by atoms with Crippen LogP contribution in [-0.2, 0) is 4.79 Å². The van der Waals surface area contributed by atoms with Crippen molar-refractivity contribution in [2.75, 3.05) is 0 Å². The molecule has 0 saturated carbocycles. The van der Waals surface area contributed by atoms with Crippen molar-refractivity contribution < 1.29 is 14.7 Å². The van der Waals surface area contributed by atoms with Crippen molar-refractivity contribution in [1.29, 1.82) is 0 Å². The van der Waals surface area contributed by atoms with Crippen molar-refractivity contribution in [3.05, 3.63) is 118 Å². The number of rotatable bonds is 6. The van der Waals surface area contributed by atoms with E-state index in [-0.39, 0.29) is 5.56 Å². The van der Waals surface area contributed by atoms with Gasteiger partial charge in [-0.3, -0.25) is 14.7 Å². The second kappa shape index (κ2) is 9.01. The van der Waals surface area contributed by atoms with Gasteiger partial charge >= 0.3 is 5.97 Å². The zero-order chi connectivity index (χ0) is 22.5. The molecule has 4 aromatic rings. The lowest BCUT2D eigenvalue weighted by molar-refractivity contribution is -0.132. The fourth-order valence-electron chi connectivity index (χ4n) is 3.25. The second-order valence-electron chi connectivity index (χ2n) is 6.93. The van der Waals surface area contributed by atoms with E-state index in [0.717, 1.165) is 0 Å². The van der Waals surface area contributed by atoms with E-state index in [9.17, 15) is 19.5 Å². The van der Waals surface area contributed by atoms with E-state index in [1.807, 2.05) is 24.3 Å². The van der Waals surface area contributed by atoms with Crippen LogP contribution in [0.1, 0.15) is 15.9 Å². The quantitative estimate of drug-likeness (QED) is 0.410. The molecule has 3 N–H and O–H groups in total. The highest BCUT2D eigenvalue weighted by atomic mass is 16.4. The number of carbonyl (C=O) groups is 2. The van der Waals surface area contributed by atoms with Gasteiger partial charge in [-0.2, -0.15) is 0 Å². The van der Waals surface area contributed by atoms with Crippen molar-refractivity contribution in [3.63, 3.8) is 0 Å². The van der Waals surface area contributed by atoms with Gasteiger partial charge in [0.25, 0.3) is 11.5 Å². The Morgan fingerprint density at radius 1 is 0.844 bits per heavy atom. The van der Waals surface area contributed by atoms with Crippen LogP contribution in [0.25, 0.3) is 23.0 Å². The van der Waals surface area contributed by atoms with Crippen LogP contribution in [0.3, 0.4) is 0 Å². The number of aromatic nitrogens is 2. The Kier molecular flexibility index (Phi) is 5.81. The van der Waals surface area contributed by atoms with Crippen molar-refractivity contribution in [2.24, 2.45) is 0 Å². The Hall–Kier alpha value is -4.65. The van der Waals surface area contributed by atoms with Crippen LogP contribution in [-0.4, -0.2) is 26.8 Å². The van der Waals surface area contributed by atoms with E-state index in [1.54, 1.807) is 66.7 Å². The summed E-state index contributed by atoms with van der Waals surface area (Å²) in [5.41, 5.74) is 1.30. The second-order valence-corrected chi connectivity index (χ2v) is 6.93. The number of para-hydroxylation sites is 1. The number of aromatic amines is 1. The molecule has 0 atom stereocenters. The molecule has 7 nitrogen and oxygen atoms in total. The number of nitrogens with one attached hydrogen (secondary N) is 2. The molecule has 0 bridgehead atoms. The lowest BCUT2D eigenvalue weighted by Crippen LogP contribution is -2.27. The molecule has 0 aliphatic carbocycles. The van der Waals surface area contributed by atoms with Gasteiger partial charge < -0.3 is 10.4 Å². The molecule has 1 aromatic heterocycles. The van der Waals surface area contributed by atoms with Gasteiger partial charge in [0.1, 0.15) is 5.70 Å². The summed E-state index contributed by atoms with van der Waals surface area (Å²) >= 11 is 0. The summed E-state index contributed by atoms with van der Waals surface area (Å²) in [5.74, 6) is -1.94. The molecule has 0 aliphatic heterocycles. The standard InChI is InChI=1S/C25H19N3O4/c29-23(18-12-6-2-7-13-18)26-21(25(31)32)16-20-22(17-10-4-1-5-11-17)27-28(24(20)30)19-14-8-3-9-15-19/h1-16,27H,(H,26,29)(H,31,32)/b21-16-. The molecule has 3 aromatic carbocycles. The Bertz CT molecular complexity index is 1340. The van der Waals surface area contributed by atoms with Crippen LogP contribution in [0.4, 0.5) is 0 Å². The summed E-state index contributed by atoms with van der Waals surface area (Å²) in [4.78, 5) is 37.7. The number of aliphatic carboxylic acids is 1. The summed E-state index contributed by atoms with van der Waals surface area (Å²) in [6, 6.07) is 26.3. The van der Waals surface area contributed by atoms with E-state index in [0.29, 0.717) is 22.5 Å². The van der Waals surface area contributed by atoms with Gasteiger partial charge in [0.05, 0.1) is 16.9 Å². The number of hydrogen-bond acceptors (Lipinski definition) is 3. The normalized spacial score (nSPS) is 11.2. The predicted molar refractivity (Wildman–Crippen MR) is 121 cm³/mol. The maximum Gasteiger partial charge on any atom is 0.352 e.